The molecule has 0 spiro atoms. The highest BCUT2D eigenvalue weighted by Crippen LogP contribution is 2.46. The molecule has 0 radical (unpaired) electrons. The van der Waals surface area contributed by atoms with Gasteiger partial charge < -0.3 is 4.42 Å². The Balaban J connectivity index is 1.41. The van der Waals surface area contributed by atoms with Crippen molar-refractivity contribution in [1.29, 1.82) is 0 Å². The van der Waals surface area contributed by atoms with Crippen molar-refractivity contribution in [2.45, 2.75) is 6.92 Å². The van der Waals surface area contributed by atoms with Crippen molar-refractivity contribution in [1.82, 2.24) is 0 Å². The predicted octanol–water partition coefficient (Wildman–Crippen LogP) is 12.4. The van der Waals surface area contributed by atoms with Crippen molar-refractivity contribution >= 4 is 49.6 Å². The third kappa shape index (κ3) is 4.09. The van der Waals surface area contributed by atoms with Crippen LogP contribution in [0.4, 0.5) is 0 Å². The van der Waals surface area contributed by atoms with Crippen molar-refractivity contribution in [3.63, 3.8) is 0 Å². The molecule has 208 valence electrons. The zero-order valence-corrected chi connectivity index (χ0v) is 24.5. The number of rotatable bonds is 5. The molecule has 8 rings (SSSR count). The minimum atomic E-state index is 0.900. The summed E-state index contributed by atoms with van der Waals surface area (Å²) in [5.74, 6) is 0. The van der Waals surface area contributed by atoms with Crippen LogP contribution < -0.4 is 0 Å². The van der Waals surface area contributed by atoms with Crippen LogP contribution in [0.25, 0.3) is 82.9 Å². The van der Waals surface area contributed by atoms with Crippen molar-refractivity contribution in [2.24, 2.45) is 0 Å². The third-order valence-electron chi connectivity index (χ3n) is 8.85. The fourth-order valence-electron chi connectivity index (χ4n) is 6.86. The smallest absolute Gasteiger partial charge is 0.136 e. The van der Waals surface area contributed by atoms with Crippen LogP contribution in [0.15, 0.2) is 157 Å². The van der Waals surface area contributed by atoms with Crippen LogP contribution in [0.5, 0.6) is 0 Å². The lowest BCUT2D eigenvalue weighted by molar-refractivity contribution is 0.669. The molecule has 1 nitrogen and oxygen atoms in total. The molecule has 8 aromatic rings. The average molecular weight is 563 g/mol. The Morgan fingerprint density at radius 2 is 1.14 bits per heavy atom. The van der Waals surface area contributed by atoms with Crippen molar-refractivity contribution < 1.29 is 4.42 Å². The Kier molecular flexibility index (Phi) is 6.24. The molecule has 0 fully saturated rings. The molecule has 1 aromatic heterocycles. The van der Waals surface area contributed by atoms with Crippen molar-refractivity contribution in [3.8, 4) is 33.4 Å². The number of furan rings is 1. The van der Waals surface area contributed by atoms with E-state index >= 15 is 0 Å². The van der Waals surface area contributed by atoms with Gasteiger partial charge in [0.15, 0.2) is 0 Å². The number of aryl methyl sites for hydroxylation is 1. The molecule has 0 atom stereocenters. The van der Waals surface area contributed by atoms with E-state index in [-0.39, 0.29) is 0 Å². The molecule has 44 heavy (non-hydrogen) atoms. The number of fused-ring (bicyclic) bond motifs is 5. The fourth-order valence-corrected chi connectivity index (χ4v) is 6.86. The Bertz CT molecular complexity index is 2350. The van der Waals surface area contributed by atoms with Gasteiger partial charge in [-0.2, -0.15) is 0 Å². The molecule has 0 aliphatic carbocycles. The summed E-state index contributed by atoms with van der Waals surface area (Å²) in [6, 6.07) is 48.0. The quantitative estimate of drug-likeness (QED) is 0.150. The highest BCUT2D eigenvalue weighted by atomic mass is 16.3. The standard InChI is InChI=1S/C43H30O/c1-3-4-14-29-24-26-39-41(28(29)2)38-25-23-31(27-40(38)44-39)42-34-19-10-12-21-36(34)43(37-22-13-11-20-35(37)42)33-18-9-8-17-32(33)30-15-6-5-7-16-30/h3-27H,1H2,2H3/b14-4-. The van der Waals surface area contributed by atoms with E-state index < -0.39 is 0 Å². The zero-order valence-electron chi connectivity index (χ0n) is 24.5. The molecule has 1 heteroatoms. The van der Waals surface area contributed by atoms with E-state index in [0.29, 0.717) is 0 Å². The Hall–Kier alpha value is -5.66. The predicted molar refractivity (Wildman–Crippen MR) is 189 cm³/mol. The summed E-state index contributed by atoms with van der Waals surface area (Å²) in [6.07, 6.45) is 5.89. The lowest BCUT2D eigenvalue weighted by Gasteiger charge is -2.19. The van der Waals surface area contributed by atoms with Crippen LogP contribution >= 0.6 is 0 Å². The Morgan fingerprint density at radius 3 is 1.82 bits per heavy atom. The summed E-state index contributed by atoms with van der Waals surface area (Å²) < 4.78 is 6.49. The molecule has 0 aliphatic heterocycles. The molecule has 0 aliphatic rings. The molecule has 1 heterocycles. The summed E-state index contributed by atoms with van der Waals surface area (Å²) in [5.41, 5.74) is 11.5. The summed E-state index contributed by atoms with van der Waals surface area (Å²) >= 11 is 0. The van der Waals surface area contributed by atoms with E-state index in [1.807, 2.05) is 12.2 Å². The first kappa shape index (κ1) is 26.0. The number of allylic oxidation sites excluding steroid dienone is 2. The SMILES string of the molecule is C=C/C=C\c1ccc2oc3cc(-c4c5ccccc5c(-c5ccccc5-c5ccccc5)c5ccccc45)ccc3c2c1C. The monoisotopic (exact) mass is 562 g/mol. The molecule has 0 unspecified atom stereocenters. The van der Waals surface area contributed by atoms with Gasteiger partial charge in [-0.15, -0.1) is 0 Å². The van der Waals surface area contributed by atoms with E-state index in [9.17, 15) is 0 Å². The molecule has 7 aromatic carbocycles. The van der Waals surface area contributed by atoms with Gasteiger partial charge in [-0.05, 0) is 91.2 Å². The number of benzene rings is 7. The zero-order chi connectivity index (χ0) is 29.6. The molecule has 0 bridgehead atoms. The maximum Gasteiger partial charge on any atom is 0.136 e. The van der Waals surface area contributed by atoms with Gasteiger partial charge in [-0.25, -0.2) is 0 Å². The van der Waals surface area contributed by atoms with Crippen LogP contribution in [0.3, 0.4) is 0 Å². The van der Waals surface area contributed by atoms with E-state index in [2.05, 4.69) is 153 Å². The van der Waals surface area contributed by atoms with Crippen molar-refractivity contribution in [2.75, 3.05) is 0 Å². The Morgan fingerprint density at radius 1 is 0.523 bits per heavy atom. The van der Waals surface area contributed by atoms with Gasteiger partial charge in [0.25, 0.3) is 0 Å². The Labute approximate surface area is 257 Å². The molecule has 0 N–H and O–H groups in total. The first-order valence-electron chi connectivity index (χ1n) is 15.1. The fraction of sp³-hybridized carbons (Fsp3) is 0.0233. The van der Waals surface area contributed by atoms with Crippen LogP contribution in [0, 0.1) is 6.92 Å². The highest BCUT2D eigenvalue weighted by Gasteiger charge is 2.20. The lowest BCUT2D eigenvalue weighted by atomic mass is 9.84. The van der Waals surface area contributed by atoms with Gasteiger partial charge in [0.1, 0.15) is 11.2 Å². The second kappa shape index (κ2) is 10.6. The normalized spacial score (nSPS) is 11.8. The van der Waals surface area contributed by atoms with Crippen LogP contribution in [0.1, 0.15) is 11.1 Å². The van der Waals surface area contributed by atoms with Gasteiger partial charge >= 0.3 is 0 Å². The minimum Gasteiger partial charge on any atom is -0.456 e. The van der Waals surface area contributed by atoms with Gasteiger partial charge in [0, 0.05) is 10.8 Å². The lowest BCUT2D eigenvalue weighted by Crippen LogP contribution is -1.92. The highest BCUT2D eigenvalue weighted by molar-refractivity contribution is 6.23. The number of hydrogen-bond acceptors (Lipinski definition) is 1. The second-order valence-corrected chi connectivity index (χ2v) is 11.3. The average Bonchev–Trinajstić information content (AvgIpc) is 3.46. The maximum absolute atomic E-state index is 6.49. The summed E-state index contributed by atoms with van der Waals surface area (Å²) in [6.45, 7) is 5.99. The van der Waals surface area contributed by atoms with E-state index in [1.54, 1.807) is 0 Å². The van der Waals surface area contributed by atoms with Gasteiger partial charge in [0.05, 0.1) is 0 Å². The van der Waals surface area contributed by atoms with Gasteiger partial charge in [-0.1, -0.05) is 140 Å². The molecule has 0 saturated heterocycles. The maximum atomic E-state index is 6.49. The second-order valence-electron chi connectivity index (χ2n) is 11.3. The van der Waals surface area contributed by atoms with E-state index in [4.69, 9.17) is 4.42 Å². The topological polar surface area (TPSA) is 13.1 Å². The van der Waals surface area contributed by atoms with Crippen LogP contribution in [-0.4, -0.2) is 0 Å². The van der Waals surface area contributed by atoms with Crippen LogP contribution in [-0.2, 0) is 0 Å². The van der Waals surface area contributed by atoms with E-state index in [0.717, 1.165) is 22.1 Å². The largest absolute Gasteiger partial charge is 0.456 e. The van der Waals surface area contributed by atoms with Crippen molar-refractivity contribution in [3.05, 3.63) is 163 Å². The van der Waals surface area contributed by atoms with Crippen LogP contribution in [0.2, 0.25) is 0 Å². The first-order valence-corrected chi connectivity index (χ1v) is 15.1. The molecular formula is C43H30O. The summed E-state index contributed by atoms with van der Waals surface area (Å²) in [5, 5.41) is 7.24. The number of hydrogen-bond donors (Lipinski definition) is 0. The van der Waals surface area contributed by atoms with Gasteiger partial charge in [-0.3, -0.25) is 0 Å². The summed E-state index contributed by atoms with van der Waals surface area (Å²) in [4.78, 5) is 0. The van der Waals surface area contributed by atoms with E-state index in [1.165, 1.54) is 65.9 Å². The third-order valence-corrected chi connectivity index (χ3v) is 8.85. The first-order chi connectivity index (χ1) is 21.7. The molecular weight excluding hydrogens is 532 g/mol. The summed E-state index contributed by atoms with van der Waals surface area (Å²) in [7, 11) is 0. The molecule has 0 saturated carbocycles. The molecule has 0 amide bonds. The van der Waals surface area contributed by atoms with Gasteiger partial charge in [0.2, 0.25) is 0 Å². The minimum absolute atomic E-state index is 0.900.